The van der Waals surface area contributed by atoms with Gasteiger partial charge in [0, 0.05) is 6.42 Å². The zero-order valence-corrected chi connectivity index (χ0v) is 10.7. The van der Waals surface area contributed by atoms with Crippen molar-refractivity contribution in [3.05, 3.63) is 34.6 Å². The molecule has 0 aliphatic carbocycles. The van der Waals surface area contributed by atoms with Crippen molar-refractivity contribution < 1.29 is 9.50 Å². The molecule has 0 bridgehead atoms. The van der Waals surface area contributed by atoms with E-state index in [4.69, 9.17) is 11.6 Å². The molecule has 0 aliphatic heterocycles. The Morgan fingerprint density at radius 1 is 1.44 bits per heavy atom. The first-order valence-corrected chi connectivity index (χ1v) is 5.84. The number of rotatable bonds is 4. The zero-order valence-electron chi connectivity index (χ0n) is 9.93. The summed E-state index contributed by atoms with van der Waals surface area (Å²) in [5, 5.41) is 10.3. The van der Waals surface area contributed by atoms with Crippen LogP contribution in [-0.4, -0.2) is 10.7 Å². The largest absolute Gasteiger partial charge is 0.390 e. The Morgan fingerprint density at radius 3 is 2.56 bits per heavy atom. The molecule has 1 unspecified atom stereocenters. The zero-order chi connectivity index (χ0) is 12.3. The maximum Gasteiger partial charge on any atom is 0.141 e. The number of aliphatic hydroxyl groups is 1. The minimum absolute atomic E-state index is 0.109. The third-order valence-corrected chi connectivity index (χ3v) is 2.71. The Balaban J connectivity index is 2.76. The van der Waals surface area contributed by atoms with Gasteiger partial charge in [-0.2, -0.15) is 0 Å². The summed E-state index contributed by atoms with van der Waals surface area (Å²) in [7, 11) is 0. The van der Waals surface area contributed by atoms with E-state index in [1.807, 2.05) is 0 Å². The van der Waals surface area contributed by atoms with Gasteiger partial charge in [0.1, 0.15) is 5.82 Å². The lowest BCUT2D eigenvalue weighted by atomic mass is 9.88. The summed E-state index contributed by atoms with van der Waals surface area (Å²) in [6.45, 7) is 5.92. The Labute approximate surface area is 101 Å². The Hall–Kier alpha value is -0.600. The summed E-state index contributed by atoms with van der Waals surface area (Å²) in [4.78, 5) is 0. The lowest BCUT2D eigenvalue weighted by molar-refractivity contribution is 0.0388. The van der Waals surface area contributed by atoms with Crippen molar-refractivity contribution in [2.24, 2.45) is 5.92 Å². The first kappa shape index (κ1) is 13.5. The second-order valence-electron chi connectivity index (χ2n) is 5.02. The van der Waals surface area contributed by atoms with Gasteiger partial charge in [-0.25, -0.2) is 4.39 Å². The average molecular weight is 245 g/mol. The molecule has 0 amide bonds. The highest BCUT2D eigenvalue weighted by molar-refractivity contribution is 6.30. The molecular weight excluding hydrogens is 227 g/mol. The maximum atomic E-state index is 12.9. The van der Waals surface area contributed by atoms with Crippen molar-refractivity contribution in [3.63, 3.8) is 0 Å². The van der Waals surface area contributed by atoms with Crippen LogP contribution >= 0.6 is 11.6 Å². The van der Waals surface area contributed by atoms with Gasteiger partial charge in [-0.3, -0.25) is 0 Å². The molecule has 1 N–H and O–H groups in total. The van der Waals surface area contributed by atoms with Crippen molar-refractivity contribution >= 4 is 11.6 Å². The monoisotopic (exact) mass is 244 g/mol. The quantitative estimate of drug-likeness (QED) is 0.854. The predicted octanol–water partition coefficient (Wildman–Crippen LogP) is 3.82. The van der Waals surface area contributed by atoms with Crippen LogP contribution in [0.5, 0.6) is 0 Å². The molecule has 1 nitrogen and oxygen atoms in total. The van der Waals surface area contributed by atoms with E-state index < -0.39 is 11.4 Å². The van der Waals surface area contributed by atoms with Gasteiger partial charge >= 0.3 is 0 Å². The molecule has 1 aromatic rings. The lowest BCUT2D eigenvalue weighted by Gasteiger charge is -2.25. The number of hydrogen-bond acceptors (Lipinski definition) is 1. The average Bonchev–Trinajstić information content (AvgIpc) is 2.08. The van der Waals surface area contributed by atoms with E-state index in [1.54, 1.807) is 19.1 Å². The van der Waals surface area contributed by atoms with Crippen molar-refractivity contribution in [1.29, 1.82) is 0 Å². The summed E-state index contributed by atoms with van der Waals surface area (Å²) in [5.41, 5.74) is 0.0899. The molecule has 1 atom stereocenters. The Kier molecular flexibility index (Phi) is 4.34. The molecule has 0 aliphatic rings. The molecule has 0 fully saturated rings. The van der Waals surface area contributed by atoms with Crippen LogP contribution in [0.25, 0.3) is 0 Å². The normalized spacial score (nSPS) is 15.2. The molecule has 0 saturated carbocycles. The van der Waals surface area contributed by atoms with Crippen molar-refractivity contribution in [2.45, 2.75) is 39.2 Å². The van der Waals surface area contributed by atoms with E-state index in [0.29, 0.717) is 18.8 Å². The molecule has 0 heterocycles. The summed E-state index contributed by atoms with van der Waals surface area (Å²) in [6, 6.07) is 4.57. The highest BCUT2D eigenvalue weighted by atomic mass is 35.5. The molecule has 0 radical (unpaired) electrons. The van der Waals surface area contributed by atoms with E-state index in [-0.39, 0.29) is 5.02 Å². The van der Waals surface area contributed by atoms with Gasteiger partial charge < -0.3 is 5.11 Å². The molecule has 1 aromatic carbocycles. The molecule has 0 spiro atoms. The molecular formula is C13H18ClFO. The van der Waals surface area contributed by atoms with Crippen LogP contribution in [0.4, 0.5) is 4.39 Å². The van der Waals surface area contributed by atoms with Crippen LogP contribution in [0, 0.1) is 11.7 Å². The second kappa shape index (κ2) is 5.15. The summed E-state index contributed by atoms with van der Waals surface area (Å²) in [6.07, 6.45) is 1.20. The van der Waals surface area contributed by atoms with Gasteiger partial charge in [0.05, 0.1) is 10.6 Å². The van der Waals surface area contributed by atoms with Crippen LogP contribution in [0.3, 0.4) is 0 Å². The fourth-order valence-electron chi connectivity index (χ4n) is 2.04. The van der Waals surface area contributed by atoms with Crippen LogP contribution in [0.1, 0.15) is 32.8 Å². The van der Waals surface area contributed by atoms with Gasteiger partial charge in [-0.05, 0) is 37.0 Å². The minimum atomic E-state index is -0.769. The summed E-state index contributed by atoms with van der Waals surface area (Å²) < 4.78 is 12.9. The maximum absolute atomic E-state index is 12.9. The van der Waals surface area contributed by atoms with E-state index in [0.717, 1.165) is 5.56 Å². The molecule has 0 saturated heterocycles. The highest BCUT2D eigenvalue weighted by Crippen LogP contribution is 2.24. The minimum Gasteiger partial charge on any atom is -0.390 e. The standard InChI is InChI=1S/C13H18ClFO/c1-9(2)7-13(3,16)8-10-4-5-12(15)11(14)6-10/h4-6,9,16H,7-8H2,1-3H3. The van der Waals surface area contributed by atoms with E-state index >= 15 is 0 Å². The summed E-state index contributed by atoms with van der Waals surface area (Å²) in [5.74, 6) is -0.000149. The lowest BCUT2D eigenvalue weighted by Crippen LogP contribution is -2.29. The van der Waals surface area contributed by atoms with Gasteiger partial charge in [0.25, 0.3) is 0 Å². The van der Waals surface area contributed by atoms with E-state index in [9.17, 15) is 9.50 Å². The van der Waals surface area contributed by atoms with Gasteiger partial charge in [-0.1, -0.05) is 31.5 Å². The van der Waals surface area contributed by atoms with Crippen LogP contribution in [0.15, 0.2) is 18.2 Å². The third kappa shape index (κ3) is 4.11. The first-order chi connectivity index (χ1) is 7.30. The van der Waals surface area contributed by atoms with Crippen molar-refractivity contribution in [1.82, 2.24) is 0 Å². The van der Waals surface area contributed by atoms with Crippen molar-refractivity contribution in [2.75, 3.05) is 0 Å². The highest BCUT2D eigenvalue weighted by Gasteiger charge is 2.22. The summed E-state index contributed by atoms with van der Waals surface area (Å²) >= 11 is 5.69. The third-order valence-electron chi connectivity index (χ3n) is 2.42. The molecule has 3 heteroatoms. The fraction of sp³-hybridized carbons (Fsp3) is 0.538. The van der Waals surface area contributed by atoms with Gasteiger partial charge in [0.2, 0.25) is 0 Å². The molecule has 90 valence electrons. The Morgan fingerprint density at radius 2 is 2.06 bits per heavy atom. The molecule has 16 heavy (non-hydrogen) atoms. The molecule has 0 aromatic heterocycles. The van der Waals surface area contributed by atoms with Crippen molar-refractivity contribution in [3.8, 4) is 0 Å². The number of halogens is 2. The van der Waals surface area contributed by atoms with E-state index in [2.05, 4.69) is 13.8 Å². The van der Waals surface area contributed by atoms with E-state index in [1.165, 1.54) is 6.07 Å². The number of hydrogen-bond donors (Lipinski definition) is 1. The first-order valence-electron chi connectivity index (χ1n) is 5.46. The SMILES string of the molecule is CC(C)CC(C)(O)Cc1ccc(F)c(Cl)c1. The van der Waals surface area contributed by atoms with Crippen LogP contribution in [0.2, 0.25) is 5.02 Å². The predicted molar refractivity (Wildman–Crippen MR) is 65.2 cm³/mol. The van der Waals surface area contributed by atoms with Gasteiger partial charge in [0.15, 0.2) is 0 Å². The molecule has 1 rings (SSSR count). The van der Waals surface area contributed by atoms with Gasteiger partial charge in [-0.15, -0.1) is 0 Å². The Bertz CT molecular complexity index is 361. The number of benzene rings is 1. The van der Waals surface area contributed by atoms with Crippen LogP contribution < -0.4 is 0 Å². The smallest absolute Gasteiger partial charge is 0.141 e. The second-order valence-corrected chi connectivity index (χ2v) is 5.43. The fourth-order valence-corrected chi connectivity index (χ4v) is 2.24. The van der Waals surface area contributed by atoms with Crippen LogP contribution in [-0.2, 0) is 6.42 Å². The topological polar surface area (TPSA) is 20.2 Å².